The van der Waals surface area contributed by atoms with Crippen molar-refractivity contribution in [2.24, 2.45) is 0 Å². The van der Waals surface area contributed by atoms with Crippen molar-refractivity contribution < 1.29 is 85.0 Å². The van der Waals surface area contributed by atoms with E-state index in [0.717, 1.165) is 0 Å². The highest BCUT2D eigenvalue weighted by Crippen LogP contribution is 2.12. The molecular formula is H16O18Si5. The quantitative estimate of drug-likeness (QED) is 0.169. The van der Waals surface area contributed by atoms with Crippen LogP contribution in [0.15, 0.2) is 0 Å². The van der Waals surface area contributed by atoms with Crippen LogP contribution in [0.5, 0.6) is 0 Å². The van der Waals surface area contributed by atoms with E-state index in [1.807, 2.05) is 0 Å². The molecule has 23 heteroatoms. The first-order valence-electron chi connectivity index (χ1n) is 4.36. The molecule has 0 fully saturated rings. The number of hydrogen-bond donors (Lipinski definition) is 14. The van der Waals surface area contributed by atoms with Crippen LogP contribution in [0.3, 0.4) is 0 Å². The van der Waals surface area contributed by atoms with E-state index in [1.165, 1.54) is 0 Å². The van der Waals surface area contributed by atoms with Crippen LogP contribution in [0, 0.1) is 0 Å². The molecule has 144 valence electrons. The molecule has 0 amide bonds. The molecule has 16 N–H and O–H groups in total. The average molecular weight is 445 g/mol. The van der Waals surface area contributed by atoms with Gasteiger partial charge in [-0.2, -0.15) is 0 Å². The van der Waals surface area contributed by atoms with Gasteiger partial charge in [0.2, 0.25) is 0 Å². The van der Waals surface area contributed by atoms with E-state index in [-0.39, 0.29) is 5.48 Å². The van der Waals surface area contributed by atoms with Crippen LogP contribution >= 0.6 is 0 Å². The Bertz CT molecular complexity index is 282. The molecular weight excluding hydrogens is 428 g/mol. The van der Waals surface area contributed by atoms with Gasteiger partial charge in [0.25, 0.3) is 0 Å². The van der Waals surface area contributed by atoms with Crippen LogP contribution in [0.25, 0.3) is 0 Å². The van der Waals surface area contributed by atoms with Gasteiger partial charge in [-0.1, -0.05) is 0 Å². The Balaban J connectivity index is -0.000000578. The highest BCUT2D eigenvalue weighted by atomic mass is 28.5. The van der Waals surface area contributed by atoms with Crippen LogP contribution in [0.2, 0.25) is 0 Å². The lowest BCUT2D eigenvalue weighted by Gasteiger charge is -2.26. The van der Waals surface area contributed by atoms with Gasteiger partial charge in [-0.3, -0.25) is 0 Å². The van der Waals surface area contributed by atoms with Gasteiger partial charge in [0.05, 0.1) is 0 Å². The van der Waals surface area contributed by atoms with E-state index in [0.29, 0.717) is 0 Å². The third kappa shape index (κ3) is 27.5. The van der Waals surface area contributed by atoms with Crippen molar-refractivity contribution in [1.82, 2.24) is 0 Å². The molecule has 0 aliphatic rings. The maximum absolute atomic E-state index is 8.79. The van der Waals surface area contributed by atoms with Gasteiger partial charge in [-0.25, -0.2) is 0 Å². The Morgan fingerprint density at radius 2 is 0.565 bits per heavy atom. The molecule has 0 aliphatic carbocycles. The van der Waals surface area contributed by atoms with Crippen LogP contribution in [0.4, 0.5) is 0 Å². The van der Waals surface area contributed by atoms with Crippen molar-refractivity contribution >= 4 is 45.2 Å². The fourth-order valence-corrected chi connectivity index (χ4v) is 5.89. The zero-order chi connectivity index (χ0) is 18.6. The Labute approximate surface area is 131 Å². The van der Waals surface area contributed by atoms with E-state index in [9.17, 15) is 0 Å². The normalized spacial score (nSPS) is 13.8. The maximum atomic E-state index is 8.79. The van der Waals surface area contributed by atoms with Gasteiger partial charge >= 0.3 is 45.2 Å². The lowest BCUT2D eigenvalue weighted by atomic mass is 15.6. The summed E-state index contributed by atoms with van der Waals surface area (Å²) in [5, 5.41) is 0. The van der Waals surface area contributed by atoms with Crippen molar-refractivity contribution in [2.75, 3.05) is 0 Å². The molecule has 0 bridgehead atoms. The summed E-state index contributed by atoms with van der Waals surface area (Å²) in [7, 11) is -26.8. The monoisotopic (exact) mass is 444 g/mol. The molecule has 0 atom stereocenters. The fourth-order valence-electron chi connectivity index (χ4n) is 0.572. The molecule has 0 rings (SSSR count). The summed E-state index contributed by atoms with van der Waals surface area (Å²) in [5.74, 6) is 0. The van der Waals surface area contributed by atoms with Crippen LogP contribution in [-0.2, 0) is 12.3 Å². The van der Waals surface area contributed by atoms with E-state index in [1.54, 1.807) is 0 Å². The summed E-state index contributed by atoms with van der Waals surface area (Å²) < 4.78 is 10.4. The molecule has 0 saturated heterocycles. The average Bonchev–Trinajstić information content (AvgIpc) is 1.82. The smallest absolute Gasteiger partial charge is 0.412 e. The van der Waals surface area contributed by atoms with Crippen LogP contribution < -0.4 is 0 Å². The number of hydrogen-bond acceptors (Lipinski definition) is 17. The second kappa shape index (κ2) is 9.17. The van der Waals surface area contributed by atoms with Crippen molar-refractivity contribution in [2.45, 2.75) is 0 Å². The van der Waals surface area contributed by atoms with Crippen molar-refractivity contribution in [3.05, 3.63) is 0 Å². The Morgan fingerprint density at radius 3 is 0.696 bits per heavy atom. The predicted octanol–water partition coefficient (Wildman–Crippen LogP) is -10.7. The SMILES string of the molecule is O.O[Si](O)(O)O.O[Si](O)(O)O[Si](O)(O)O[Si](O)(O)O[Si](O)(O)O. The van der Waals surface area contributed by atoms with Crippen molar-refractivity contribution in [1.29, 1.82) is 0 Å². The molecule has 0 heterocycles. The van der Waals surface area contributed by atoms with E-state index in [2.05, 4.69) is 12.3 Å². The molecule has 0 aromatic rings. The highest BCUT2D eigenvalue weighted by Gasteiger charge is 2.59. The molecule has 0 aromatic heterocycles. The first kappa shape index (κ1) is 28.2. The summed E-state index contributed by atoms with van der Waals surface area (Å²) in [5.41, 5.74) is 0. The topological polar surface area (TPSA) is 342 Å². The van der Waals surface area contributed by atoms with Gasteiger partial charge in [-0.15, -0.1) is 0 Å². The van der Waals surface area contributed by atoms with Gasteiger partial charge < -0.3 is 85.0 Å². The summed E-state index contributed by atoms with van der Waals surface area (Å²) in [4.78, 5) is 114. The molecule has 18 nitrogen and oxygen atoms in total. The third-order valence-corrected chi connectivity index (χ3v) is 7.25. The fraction of sp³-hybridized carbons (Fsp3) is 0. The lowest BCUT2D eigenvalue weighted by Crippen LogP contribution is -2.64. The summed E-state index contributed by atoms with van der Waals surface area (Å²) in [6.45, 7) is 0. The third-order valence-electron chi connectivity index (χ3n) is 0.806. The van der Waals surface area contributed by atoms with Crippen LogP contribution in [-0.4, -0.2) is 118 Å². The largest absolute Gasteiger partial charge is 0.668 e. The second-order valence-electron chi connectivity index (χ2n) is 3.15. The molecule has 23 heavy (non-hydrogen) atoms. The van der Waals surface area contributed by atoms with E-state index >= 15 is 0 Å². The molecule has 0 unspecified atom stereocenters. The highest BCUT2D eigenvalue weighted by molar-refractivity contribution is 6.74. The molecule has 0 saturated carbocycles. The van der Waals surface area contributed by atoms with E-state index < -0.39 is 45.2 Å². The van der Waals surface area contributed by atoms with Gasteiger partial charge in [0.1, 0.15) is 0 Å². The van der Waals surface area contributed by atoms with Crippen molar-refractivity contribution in [3.63, 3.8) is 0 Å². The van der Waals surface area contributed by atoms with E-state index in [4.69, 9.17) is 67.1 Å². The zero-order valence-corrected chi connectivity index (χ0v) is 15.5. The first-order chi connectivity index (χ1) is 9.12. The predicted molar refractivity (Wildman–Crippen MR) is 66.7 cm³/mol. The lowest BCUT2D eigenvalue weighted by molar-refractivity contribution is -0.00713. The molecule has 0 aliphatic heterocycles. The molecule has 0 spiro atoms. The second-order valence-corrected chi connectivity index (χ2v) is 11.3. The minimum absolute atomic E-state index is 0. The first-order valence-corrected chi connectivity index (χ1v) is 13.1. The van der Waals surface area contributed by atoms with Crippen molar-refractivity contribution in [3.8, 4) is 0 Å². The molecule has 0 aromatic carbocycles. The van der Waals surface area contributed by atoms with Gasteiger partial charge in [0, 0.05) is 0 Å². The van der Waals surface area contributed by atoms with Crippen LogP contribution in [0.1, 0.15) is 0 Å². The summed E-state index contributed by atoms with van der Waals surface area (Å²) in [6.07, 6.45) is 0. The minimum Gasteiger partial charge on any atom is -0.412 e. The summed E-state index contributed by atoms with van der Waals surface area (Å²) in [6, 6.07) is 0. The number of rotatable bonds is 6. The Morgan fingerprint density at radius 1 is 0.391 bits per heavy atom. The van der Waals surface area contributed by atoms with Gasteiger partial charge in [-0.05, 0) is 0 Å². The minimum atomic E-state index is -5.64. The Kier molecular flexibility index (Phi) is 11.2. The zero-order valence-electron chi connectivity index (χ0n) is 10.5. The van der Waals surface area contributed by atoms with Gasteiger partial charge in [0.15, 0.2) is 0 Å². The maximum Gasteiger partial charge on any atom is 0.668 e. The Hall–Kier alpha value is 0.364. The summed E-state index contributed by atoms with van der Waals surface area (Å²) >= 11 is 0. The molecule has 0 radical (unpaired) electrons. The standard InChI is InChI=1S/H10O13Si4.H4O4Si.H2O/c1-14(2,3)11-16(7,8)13-17(9,10)12-15(4,5)6;1-5(2,3)4;/h1-10H;1-4H;1H2.